The zero-order chi connectivity index (χ0) is 29.7. The summed E-state index contributed by atoms with van der Waals surface area (Å²) >= 11 is 0. The summed E-state index contributed by atoms with van der Waals surface area (Å²) in [4.78, 5) is 19.3. The molecule has 0 spiro atoms. The lowest BCUT2D eigenvalue weighted by atomic mass is 10.0. The van der Waals surface area contributed by atoms with Crippen LogP contribution in [-0.4, -0.2) is 19.9 Å². The molecule has 7 heteroatoms. The Kier molecular flexibility index (Phi) is 5.67. The number of para-hydroxylation sites is 1. The molecule has 9 aromatic rings. The van der Waals surface area contributed by atoms with Gasteiger partial charge in [0, 0.05) is 27.8 Å². The van der Waals surface area contributed by atoms with Crippen LogP contribution in [0.5, 0.6) is 0 Å². The fourth-order valence-corrected chi connectivity index (χ4v) is 6.02. The van der Waals surface area contributed by atoms with E-state index in [9.17, 15) is 0 Å². The monoisotopic (exact) mass is 581 g/mol. The third kappa shape index (κ3) is 4.29. The Labute approximate surface area is 257 Å². The number of nitrogens with zero attached hydrogens (tertiary/aromatic N) is 5. The smallest absolute Gasteiger partial charge is 0.172 e. The zero-order valence-electron chi connectivity index (χ0n) is 23.8. The first-order valence-electron chi connectivity index (χ1n) is 14.6. The van der Waals surface area contributed by atoms with Crippen molar-refractivity contribution in [1.82, 2.24) is 19.9 Å². The van der Waals surface area contributed by atoms with Gasteiger partial charge < -0.3 is 13.7 Å². The van der Waals surface area contributed by atoms with Crippen molar-refractivity contribution in [3.8, 4) is 22.3 Å². The quantitative estimate of drug-likeness (QED) is 0.200. The molecule has 45 heavy (non-hydrogen) atoms. The summed E-state index contributed by atoms with van der Waals surface area (Å²) in [5, 5.41) is 1.96. The molecule has 0 saturated heterocycles. The third-order valence-electron chi connectivity index (χ3n) is 8.20. The topological polar surface area (TPSA) is 81.1 Å². The van der Waals surface area contributed by atoms with E-state index in [1.807, 2.05) is 18.2 Å². The van der Waals surface area contributed by atoms with Gasteiger partial charge in [-0.3, -0.25) is 0 Å². The standard InChI is InChI=1S/C38H23N5O2/c1-2-4-28(5-3-1)43(29-12-6-24(7-13-29)26-10-16-33-31(18-26)37-35(44-33)20-39-22-41-37)30-14-8-25(9-15-30)27-11-17-34-32(19-27)38-36(45-34)21-40-23-42-38/h1-23H. The van der Waals surface area contributed by atoms with E-state index in [1.54, 1.807) is 25.0 Å². The summed E-state index contributed by atoms with van der Waals surface area (Å²) in [7, 11) is 0. The highest BCUT2D eigenvalue weighted by atomic mass is 16.3. The van der Waals surface area contributed by atoms with Gasteiger partial charge in [-0.25, -0.2) is 19.9 Å². The van der Waals surface area contributed by atoms with E-state index >= 15 is 0 Å². The number of hydrogen-bond donors (Lipinski definition) is 0. The molecular weight excluding hydrogens is 558 g/mol. The Morgan fingerprint density at radius 3 is 1.36 bits per heavy atom. The van der Waals surface area contributed by atoms with Crippen LogP contribution < -0.4 is 4.90 Å². The van der Waals surface area contributed by atoms with Crippen LogP contribution in [0.1, 0.15) is 0 Å². The van der Waals surface area contributed by atoms with E-state index in [1.165, 1.54) is 0 Å². The Morgan fingerprint density at radius 1 is 0.422 bits per heavy atom. The van der Waals surface area contributed by atoms with Crippen LogP contribution >= 0.6 is 0 Å². The lowest BCUT2D eigenvalue weighted by Gasteiger charge is -2.26. The Morgan fingerprint density at radius 2 is 0.867 bits per heavy atom. The first kappa shape index (κ1) is 25.2. The molecule has 212 valence electrons. The fraction of sp³-hybridized carbons (Fsp3) is 0. The maximum atomic E-state index is 5.92. The number of furan rings is 2. The number of benzene rings is 5. The lowest BCUT2D eigenvalue weighted by Crippen LogP contribution is -2.09. The summed E-state index contributed by atoms with van der Waals surface area (Å²) in [5.74, 6) is 0. The predicted molar refractivity (Wildman–Crippen MR) is 178 cm³/mol. The van der Waals surface area contributed by atoms with Crippen molar-refractivity contribution in [2.45, 2.75) is 0 Å². The number of hydrogen-bond acceptors (Lipinski definition) is 7. The van der Waals surface area contributed by atoms with Crippen molar-refractivity contribution in [3.63, 3.8) is 0 Å². The van der Waals surface area contributed by atoms with Crippen LogP contribution in [0.15, 0.2) is 149 Å². The van der Waals surface area contributed by atoms with E-state index in [0.717, 1.165) is 72.3 Å². The maximum Gasteiger partial charge on any atom is 0.172 e. The number of rotatable bonds is 5. The Hall–Kier alpha value is -6.34. The minimum atomic E-state index is 0.689. The van der Waals surface area contributed by atoms with Gasteiger partial charge in [-0.05, 0) is 82.9 Å². The van der Waals surface area contributed by atoms with Crippen LogP contribution in [0.2, 0.25) is 0 Å². The van der Waals surface area contributed by atoms with Gasteiger partial charge >= 0.3 is 0 Å². The van der Waals surface area contributed by atoms with Gasteiger partial charge in [0.15, 0.2) is 11.2 Å². The van der Waals surface area contributed by atoms with Gasteiger partial charge in [0.25, 0.3) is 0 Å². The molecule has 0 radical (unpaired) electrons. The summed E-state index contributed by atoms with van der Waals surface area (Å²) in [5.41, 5.74) is 12.2. The van der Waals surface area contributed by atoms with Gasteiger partial charge in [-0.2, -0.15) is 0 Å². The Bertz CT molecular complexity index is 2330. The molecule has 0 atom stereocenters. The van der Waals surface area contributed by atoms with E-state index < -0.39 is 0 Å². The van der Waals surface area contributed by atoms with Crippen LogP contribution in [0.4, 0.5) is 17.1 Å². The van der Waals surface area contributed by atoms with Crippen molar-refractivity contribution in [2.75, 3.05) is 4.90 Å². The second-order valence-corrected chi connectivity index (χ2v) is 10.9. The fourth-order valence-electron chi connectivity index (χ4n) is 6.02. The number of aromatic nitrogens is 4. The molecule has 0 unspecified atom stereocenters. The molecule has 0 saturated carbocycles. The first-order valence-corrected chi connectivity index (χ1v) is 14.6. The molecule has 4 heterocycles. The minimum Gasteiger partial charge on any atom is -0.453 e. The highest BCUT2D eigenvalue weighted by molar-refractivity contribution is 6.04. The second-order valence-electron chi connectivity index (χ2n) is 10.9. The first-order chi connectivity index (χ1) is 22.3. The van der Waals surface area contributed by atoms with Gasteiger partial charge in [0.2, 0.25) is 0 Å². The number of anilines is 3. The normalized spacial score (nSPS) is 11.6. The molecular formula is C38H23N5O2. The van der Waals surface area contributed by atoms with Gasteiger partial charge in [-0.1, -0.05) is 54.6 Å². The largest absolute Gasteiger partial charge is 0.453 e. The van der Waals surface area contributed by atoms with Crippen LogP contribution in [-0.2, 0) is 0 Å². The lowest BCUT2D eigenvalue weighted by molar-refractivity contribution is 0.665. The summed E-state index contributed by atoms with van der Waals surface area (Å²) in [6.45, 7) is 0. The minimum absolute atomic E-state index is 0.689. The highest BCUT2D eigenvalue weighted by Gasteiger charge is 2.15. The van der Waals surface area contributed by atoms with Crippen molar-refractivity contribution in [3.05, 3.63) is 140 Å². The number of fused-ring (bicyclic) bond motifs is 6. The van der Waals surface area contributed by atoms with Crippen molar-refractivity contribution in [1.29, 1.82) is 0 Å². The van der Waals surface area contributed by atoms with E-state index in [0.29, 0.717) is 11.2 Å². The highest BCUT2D eigenvalue weighted by Crippen LogP contribution is 2.38. The summed E-state index contributed by atoms with van der Waals surface area (Å²) < 4.78 is 11.8. The summed E-state index contributed by atoms with van der Waals surface area (Å²) in [6, 6.07) is 40.1. The average molecular weight is 582 g/mol. The van der Waals surface area contributed by atoms with Gasteiger partial charge in [-0.15, -0.1) is 0 Å². The molecule has 0 aliphatic rings. The molecule has 0 N–H and O–H groups in total. The molecule has 9 rings (SSSR count). The van der Waals surface area contributed by atoms with Gasteiger partial charge in [0.05, 0.1) is 12.4 Å². The maximum absolute atomic E-state index is 5.92. The van der Waals surface area contributed by atoms with E-state index in [4.69, 9.17) is 8.83 Å². The molecule has 7 nitrogen and oxygen atoms in total. The van der Waals surface area contributed by atoms with Gasteiger partial charge in [0.1, 0.15) is 34.9 Å². The molecule has 5 aromatic carbocycles. The van der Waals surface area contributed by atoms with Crippen LogP contribution in [0, 0.1) is 0 Å². The molecule has 0 aliphatic carbocycles. The van der Waals surface area contributed by atoms with E-state index in [-0.39, 0.29) is 0 Å². The van der Waals surface area contributed by atoms with Crippen molar-refractivity contribution in [2.24, 2.45) is 0 Å². The predicted octanol–water partition coefficient (Wildman–Crippen LogP) is 9.87. The van der Waals surface area contributed by atoms with Crippen LogP contribution in [0.25, 0.3) is 66.4 Å². The van der Waals surface area contributed by atoms with Crippen LogP contribution in [0.3, 0.4) is 0 Å². The average Bonchev–Trinajstić information content (AvgIpc) is 3.67. The molecule has 4 aromatic heterocycles. The molecule has 0 amide bonds. The zero-order valence-corrected chi connectivity index (χ0v) is 23.8. The molecule has 0 aliphatic heterocycles. The molecule has 0 bridgehead atoms. The summed E-state index contributed by atoms with van der Waals surface area (Å²) in [6.07, 6.45) is 6.52. The Balaban J connectivity index is 1.07. The van der Waals surface area contributed by atoms with Crippen molar-refractivity contribution >= 4 is 61.2 Å². The molecule has 0 fully saturated rings. The SMILES string of the molecule is c1ccc(N(c2ccc(-c3ccc4oc5cncnc5c4c3)cc2)c2ccc(-c3ccc4oc5cncnc5c4c3)cc2)cc1. The van der Waals surface area contributed by atoms with E-state index in [2.05, 4.69) is 122 Å². The van der Waals surface area contributed by atoms with Crippen molar-refractivity contribution < 1.29 is 8.83 Å². The second kappa shape index (κ2) is 10.1. The third-order valence-corrected chi connectivity index (χ3v) is 8.20.